The van der Waals surface area contributed by atoms with Gasteiger partial charge in [0.15, 0.2) is 0 Å². The summed E-state index contributed by atoms with van der Waals surface area (Å²) in [5.74, 6) is 0.531. The van der Waals surface area contributed by atoms with Crippen LogP contribution in [0.2, 0.25) is 0 Å². The van der Waals surface area contributed by atoms with Gasteiger partial charge in [-0.1, -0.05) is 24.3 Å². The average molecular weight is 427 g/mol. The molecule has 0 aliphatic heterocycles. The van der Waals surface area contributed by atoms with Gasteiger partial charge in [0.1, 0.15) is 11.5 Å². The number of Topliss-reactive ketones (excluding diaryl/α,β-unsaturated/α-hetero) is 1. The summed E-state index contributed by atoms with van der Waals surface area (Å²) >= 11 is 2.84. The highest BCUT2D eigenvalue weighted by molar-refractivity contribution is 8.01. The summed E-state index contributed by atoms with van der Waals surface area (Å²) in [6.45, 7) is 0. The van der Waals surface area contributed by atoms with Crippen molar-refractivity contribution >= 4 is 35.3 Å². The summed E-state index contributed by atoms with van der Waals surface area (Å²) in [7, 11) is 0. The Kier molecular flexibility index (Phi) is 9.37. The molecule has 28 heavy (non-hydrogen) atoms. The predicted molar refractivity (Wildman–Crippen MR) is 112 cm³/mol. The number of aromatic hydroxyl groups is 1. The first-order valence-electron chi connectivity index (χ1n) is 9.13. The number of rotatable bonds is 11. The molecule has 1 aliphatic carbocycles. The second-order valence-electron chi connectivity index (χ2n) is 6.73. The normalized spacial score (nSPS) is 23.4. The Labute approximate surface area is 173 Å². The molecule has 154 valence electrons. The van der Waals surface area contributed by atoms with Crippen molar-refractivity contribution in [3.63, 3.8) is 0 Å². The van der Waals surface area contributed by atoms with Gasteiger partial charge in [0.25, 0.3) is 0 Å². The number of carbonyl (C=O) groups is 2. The topological polar surface area (TPSA) is 115 Å². The van der Waals surface area contributed by atoms with Gasteiger partial charge in [0.05, 0.1) is 23.2 Å². The lowest BCUT2D eigenvalue weighted by Crippen LogP contribution is -2.22. The molecular weight excluding hydrogens is 400 g/mol. The molecule has 1 aliphatic rings. The number of aliphatic carboxylic acids is 1. The largest absolute Gasteiger partial charge is 0.508 e. The third kappa shape index (κ3) is 7.50. The van der Waals surface area contributed by atoms with Gasteiger partial charge in [0.2, 0.25) is 0 Å². The molecule has 4 atom stereocenters. The first-order chi connectivity index (χ1) is 13.4. The number of phenolic OH excluding ortho intramolecular Hbond substituents is 1. The third-order valence-corrected chi connectivity index (χ3v) is 6.90. The summed E-state index contributed by atoms with van der Waals surface area (Å²) in [5, 5.41) is 38.0. The van der Waals surface area contributed by atoms with Gasteiger partial charge in [-0.25, -0.2) is 0 Å². The second-order valence-corrected chi connectivity index (χ2v) is 9.08. The third-order valence-electron chi connectivity index (χ3n) is 4.41. The van der Waals surface area contributed by atoms with Crippen molar-refractivity contribution in [1.29, 1.82) is 0 Å². The first kappa shape index (κ1) is 22.8. The number of phenols is 1. The van der Waals surface area contributed by atoms with Crippen LogP contribution >= 0.6 is 23.5 Å². The SMILES string of the molecule is O=C(O)CSCCCSC1C(=O)CC(O)[C@@H]1C=CC(O)Cc1ccc(O)cc1. The van der Waals surface area contributed by atoms with E-state index in [2.05, 4.69) is 0 Å². The summed E-state index contributed by atoms with van der Waals surface area (Å²) in [4.78, 5) is 22.7. The number of hydrogen-bond donors (Lipinski definition) is 4. The number of hydrogen-bond acceptors (Lipinski definition) is 7. The highest BCUT2D eigenvalue weighted by Crippen LogP contribution is 2.34. The number of aliphatic hydroxyl groups is 2. The van der Waals surface area contributed by atoms with Crippen LogP contribution in [0.3, 0.4) is 0 Å². The fraction of sp³-hybridized carbons (Fsp3) is 0.500. The maximum absolute atomic E-state index is 12.2. The van der Waals surface area contributed by atoms with Crippen LogP contribution in [0.1, 0.15) is 18.4 Å². The van der Waals surface area contributed by atoms with Crippen molar-refractivity contribution in [2.45, 2.75) is 36.7 Å². The number of benzene rings is 1. The number of ketones is 1. The molecule has 0 bridgehead atoms. The van der Waals surface area contributed by atoms with Gasteiger partial charge in [-0.15, -0.1) is 11.8 Å². The summed E-state index contributed by atoms with van der Waals surface area (Å²) in [5.41, 5.74) is 0.878. The van der Waals surface area contributed by atoms with Crippen LogP contribution in [0.15, 0.2) is 36.4 Å². The van der Waals surface area contributed by atoms with Gasteiger partial charge in [-0.05, 0) is 35.6 Å². The monoisotopic (exact) mass is 426 g/mol. The molecule has 1 fully saturated rings. The first-order valence-corrected chi connectivity index (χ1v) is 11.3. The van der Waals surface area contributed by atoms with Crippen molar-refractivity contribution in [3.8, 4) is 5.75 Å². The standard InChI is InChI=1S/C20H26O6S2/c21-14-4-2-13(3-5-14)10-15(22)6-7-16-17(23)11-18(24)20(16)28-9-1-8-27-12-19(25)26/h2-7,15-17,20-23H,1,8-12H2,(H,25,26)/t15?,16-,17?,20?/m0/s1. The highest BCUT2D eigenvalue weighted by atomic mass is 32.2. The molecule has 0 saturated heterocycles. The van der Waals surface area contributed by atoms with E-state index in [0.717, 1.165) is 17.7 Å². The average Bonchev–Trinajstić information content (AvgIpc) is 2.91. The van der Waals surface area contributed by atoms with E-state index in [1.165, 1.54) is 23.5 Å². The Hall–Kier alpha value is -1.48. The molecule has 1 aromatic rings. The van der Waals surface area contributed by atoms with Crippen molar-refractivity contribution in [1.82, 2.24) is 0 Å². The Morgan fingerprint density at radius 2 is 1.96 bits per heavy atom. The Balaban J connectivity index is 1.82. The maximum Gasteiger partial charge on any atom is 0.313 e. The van der Waals surface area contributed by atoms with Crippen LogP contribution in [0.25, 0.3) is 0 Å². The molecule has 0 spiro atoms. The number of carboxylic acids is 1. The molecule has 1 aromatic carbocycles. The summed E-state index contributed by atoms with van der Waals surface area (Å²) in [6, 6.07) is 6.60. The number of carbonyl (C=O) groups excluding carboxylic acids is 1. The van der Waals surface area contributed by atoms with E-state index in [1.54, 1.807) is 36.4 Å². The zero-order valence-corrected chi connectivity index (χ0v) is 17.1. The molecule has 0 amide bonds. The zero-order chi connectivity index (χ0) is 20.5. The van der Waals surface area contributed by atoms with E-state index in [9.17, 15) is 24.9 Å². The van der Waals surface area contributed by atoms with Gasteiger partial charge < -0.3 is 20.4 Å². The zero-order valence-electron chi connectivity index (χ0n) is 15.4. The highest BCUT2D eigenvalue weighted by Gasteiger charge is 2.40. The van der Waals surface area contributed by atoms with Crippen LogP contribution in [-0.4, -0.2) is 66.9 Å². The Bertz CT molecular complexity index is 676. The minimum absolute atomic E-state index is 0.0124. The molecule has 6 nitrogen and oxygen atoms in total. The molecule has 3 unspecified atom stereocenters. The van der Waals surface area contributed by atoms with Crippen LogP contribution in [-0.2, 0) is 16.0 Å². The summed E-state index contributed by atoms with van der Waals surface area (Å²) < 4.78 is 0. The Morgan fingerprint density at radius 3 is 2.64 bits per heavy atom. The van der Waals surface area contributed by atoms with Crippen molar-refractivity contribution in [2.75, 3.05) is 17.3 Å². The molecule has 4 N–H and O–H groups in total. The lowest BCUT2D eigenvalue weighted by atomic mass is 10.0. The van der Waals surface area contributed by atoms with E-state index >= 15 is 0 Å². The van der Waals surface area contributed by atoms with Gasteiger partial charge in [0, 0.05) is 18.8 Å². The smallest absolute Gasteiger partial charge is 0.313 e. The number of carboxylic acid groups (broad SMARTS) is 1. The van der Waals surface area contributed by atoms with Gasteiger partial charge >= 0.3 is 5.97 Å². The molecule has 0 aromatic heterocycles. The van der Waals surface area contributed by atoms with E-state index in [0.29, 0.717) is 12.2 Å². The van der Waals surface area contributed by atoms with Crippen LogP contribution in [0, 0.1) is 5.92 Å². The quantitative estimate of drug-likeness (QED) is 0.314. The van der Waals surface area contributed by atoms with Crippen molar-refractivity contribution in [2.24, 2.45) is 5.92 Å². The molecule has 1 saturated carbocycles. The Morgan fingerprint density at radius 1 is 1.25 bits per heavy atom. The van der Waals surface area contributed by atoms with Crippen molar-refractivity contribution in [3.05, 3.63) is 42.0 Å². The van der Waals surface area contributed by atoms with Crippen LogP contribution < -0.4 is 0 Å². The fourth-order valence-corrected chi connectivity index (χ4v) is 5.23. The maximum atomic E-state index is 12.2. The van der Waals surface area contributed by atoms with Crippen LogP contribution in [0.4, 0.5) is 0 Å². The molecular formula is C20H26O6S2. The molecule has 0 radical (unpaired) electrons. The van der Waals surface area contributed by atoms with E-state index < -0.39 is 18.2 Å². The lowest BCUT2D eigenvalue weighted by molar-refractivity contribution is -0.133. The van der Waals surface area contributed by atoms with E-state index in [1.807, 2.05) is 0 Å². The van der Waals surface area contributed by atoms with E-state index in [4.69, 9.17) is 5.11 Å². The fourth-order valence-electron chi connectivity index (χ4n) is 3.04. The van der Waals surface area contributed by atoms with Gasteiger partial charge in [-0.3, -0.25) is 9.59 Å². The minimum Gasteiger partial charge on any atom is -0.508 e. The molecule has 2 rings (SSSR count). The summed E-state index contributed by atoms with van der Waals surface area (Å²) in [6.07, 6.45) is 3.16. The van der Waals surface area contributed by atoms with E-state index in [-0.39, 0.29) is 34.9 Å². The predicted octanol–water partition coefficient (Wildman–Crippen LogP) is 2.11. The molecule has 0 heterocycles. The minimum atomic E-state index is -0.831. The second kappa shape index (κ2) is 11.5. The van der Waals surface area contributed by atoms with Crippen LogP contribution in [0.5, 0.6) is 5.75 Å². The lowest BCUT2D eigenvalue weighted by Gasteiger charge is -2.17. The number of aliphatic hydroxyl groups excluding tert-OH is 2. The van der Waals surface area contributed by atoms with Gasteiger partial charge in [-0.2, -0.15) is 11.8 Å². The molecule has 8 heteroatoms. The number of thioether (sulfide) groups is 2. The van der Waals surface area contributed by atoms with Crippen molar-refractivity contribution < 1.29 is 30.0 Å².